The maximum atomic E-state index is 12.0. The van der Waals surface area contributed by atoms with E-state index >= 15 is 0 Å². The van der Waals surface area contributed by atoms with E-state index in [0.29, 0.717) is 29.8 Å². The molecule has 0 fully saturated rings. The van der Waals surface area contributed by atoms with Crippen molar-refractivity contribution in [1.29, 1.82) is 0 Å². The average Bonchev–Trinajstić information content (AvgIpc) is 2.92. The number of nitrogens with zero attached hydrogens (tertiary/aromatic N) is 4. The maximum Gasteiger partial charge on any atom is 0.258 e. The Bertz CT molecular complexity index is 806. The number of hydrogen-bond acceptors (Lipinski definition) is 5. The highest BCUT2D eigenvalue weighted by Gasteiger charge is 2.06. The Balaban J connectivity index is 1.84. The molecule has 3 rings (SSSR count). The molecule has 0 aliphatic carbocycles. The van der Waals surface area contributed by atoms with Gasteiger partial charge in [-0.05, 0) is 18.7 Å². The van der Waals surface area contributed by atoms with Crippen molar-refractivity contribution < 1.29 is 0 Å². The molecule has 7 heteroatoms. The van der Waals surface area contributed by atoms with E-state index in [4.69, 9.17) is 0 Å². The van der Waals surface area contributed by atoms with Gasteiger partial charge in [-0.25, -0.2) is 9.67 Å². The first-order valence-corrected chi connectivity index (χ1v) is 6.84. The highest BCUT2D eigenvalue weighted by atomic mass is 16.1. The molecule has 7 nitrogen and oxygen atoms in total. The summed E-state index contributed by atoms with van der Waals surface area (Å²) in [6, 6.07) is 7.27. The van der Waals surface area contributed by atoms with Crippen LogP contribution in [0.25, 0.3) is 10.9 Å². The van der Waals surface area contributed by atoms with E-state index < -0.39 is 0 Å². The first-order valence-electron chi connectivity index (χ1n) is 6.84. The fourth-order valence-electron chi connectivity index (χ4n) is 2.11. The van der Waals surface area contributed by atoms with Crippen molar-refractivity contribution in [1.82, 2.24) is 30.3 Å². The SMILES string of the molecule is CCNCc1cn(Cc2nc3ccccc3c(=O)[nH]2)nn1. The summed E-state index contributed by atoms with van der Waals surface area (Å²) in [7, 11) is 0. The van der Waals surface area contributed by atoms with Gasteiger partial charge in [0.15, 0.2) is 0 Å². The zero-order valence-electron chi connectivity index (χ0n) is 11.7. The van der Waals surface area contributed by atoms with Gasteiger partial charge in [0.2, 0.25) is 0 Å². The first kappa shape index (κ1) is 13.4. The van der Waals surface area contributed by atoms with Crippen molar-refractivity contribution in [3.63, 3.8) is 0 Å². The summed E-state index contributed by atoms with van der Waals surface area (Å²) in [5.74, 6) is 0.568. The van der Waals surface area contributed by atoms with Gasteiger partial charge in [-0.1, -0.05) is 24.3 Å². The van der Waals surface area contributed by atoms with Crippen LogP contribution in [0.15, 0.2) is 35.3 Å². The molecule has 0 amide bonds. The molecule has 0 saturated carbocycles. The third-order valence-electron chi connectivity index (χ3n) is 3.12. The largest absolute Gasteiger partial charge is 0.311 e. The maximum absolute atomic E-state index is 12.0. The van der Waals surface area contributed by atoms with Crippen molar-refractivity contribution >= 4 is 10.9 Å². The minimum absolute atomic E-state index is 0.136. The number of aromatic amines is 1. The summed E-state index contributed by atoms with van der Waals surface area (Å²) in [6.45, 7) is 3.98. The fraction of sp³-hybridized carbons (Fsp3) is 0.286. The highest BCUT2D eigenvalue weighted by molar-refractivity contribution is 5.77. The molecule has 2 N–H and O–H groups in total. The molecule has 0 radical (unpaired) electrons. The van der Waals surface area contributed by atoms with Crippen molar-refractivity contribution in [2.75, 3.05) is 6.54 Å². The van der Waals surface area contributed by atoms with E-state index in [2.05, 4.69) is 25.6 Å². The van der Waals surface area contributed by atoms with E-state index in [9.17, 15) is 4.79 Å². The fourth-order valence-corrected chi connectivity index (χ4v) is 2.11. The molecule has 0 saturated heterocycles. The Morgan fingerprint density at radius 3 is 3.05 bits per heavy atom. The molecule has 3 aromatic rings. The molecule has 0 bridgehead atoms. The zero-order valence-corrected chi connectivity index (χ0v) is 11.7. The number of para-hydroxylation sites is 1. The second-order valence-corrected chi connectivity index (χ2v) is 4.72. The molecule has 0 aliphatic heterocycles. The molecule has 0 atom stereocenters. The number of hydrogen-bond donors (Lipinski definition) is 2. The van der Waals surface area contributed by atoms with E-state index in [0.717, 1.165) is 12.2 Å². The lowest BCUT2D eigenvalue weighted by Crippen LogP contribution is -2.14. The predicted molar refractivity (Wildman–Crippen MR) is 78.9 cm³/mol. The Morgan fingerprint density at radius 2 is 2.19 bits per heavy atom. The van der Waals surface area contributed by atoms with Gasteiger partial charge >= 0.3 is 0 Å². The Hall–Kier alpha value is -2.54. The van der Waals surface area contributed by atoms with Crippen molar-refractivity contribution in [2.24, 2.45) is 0 Å². The number of aromatic nitrogens is 5. The van der Waals surface area contributed by atoms with Gasteiger partial charge in [-0.2, -0.15) is 0 Å². The minimum Gasteiger partial charge on any atom is -0.311 e. The monoisotopic (exact) mass is 284 g/mol. The molecular weight excluding hydrogens is 268 g/mol. The van der Waals surface area contributed by atoms with Crippen LogP contribution in [0.1, 0.15) is 18.4 Å². The van der Waals surface area contributed by atoms with Gasteiger partial charge in [0.1, 0.15) is 12.4 Å². The van der Waals surface area contributed by atoms with Gasteiger partial charge in [0.25, 0.3) is 5.56 Å². The third-order valence-corrected chi connectivity index (χ3v) is 3.12. The van der Waals surface area contributed by atoms with Crippen LogP contribution in [0.4, 0.5) is 0 Å². The zero-order chi connectivity index (χ0) is 14.7. The summed E-state index contributed by atoms with van der Waals surface area (Å²) in [5.41, 5.74) is 1.41. The average molecular weight is 284 g/mol. The van der Waals surface area contributed by atoms with Gasteiger partial charge in [0, 0.05) is 6.54 Å². The summed E-state index contributed by atoms with van der Waals surface area (Å²) in [5, 5.41) is 11.9. The minimum atomic E-state index is -0.136. The first-order chi connectivity index (χ1) is 10.3. The number of H-pyrrole nitrogens is 1. The van der Waals surface area contributed by atoms with Crippen LogP contribution in [0.3, 0.4) is 0 Å². The molecule has 0 aliphatic rings. The number of rotatable bonds is 5. The van der Waals surface area contributed by atoms with Gasteiger partial charge in [-0.3, -0.25) is 4.79 Å². The van der Waals surface area contributed by atoms with Gasteiger partial charge < -0.3 is 10.3 Å². The molecule has 2 heterocycles. The van der Waals surface area contributed by atoms with E-state index in [1.54, 1.807) is 10.7 Å². The molecule has 0 unspecified atom stereocenters. The van der Waals surface area contributed by atoms with E-state index in [-0.39, 0.29) is 5.56 Å². The number of fused-ring (bicyclic) bond motifs is 1. The Morgan fingerprint density at radius 1 is 1.33 bits per heavy atom. The molecule has 0 spiro atoms. The third kappa shape index (κ3) is 2.97. The number of nitrogens with one attached hydrogen (secondary N) is 2. The van der Waals surface area contributed by atoms with Crippen LogP contribution >= 0.6 is 0 Å². The van der Waals surface area contributed by atoms with Gasteiger partial charge in [0.05, 0.1) is 22.8 Å². The normalized spacial score (nSPS) is 11.1. The van der Waals surface area contributed by atoms with Gasteiger partial charge in [-0.15, -0.1) is 5.10 Å². The van der Waals surface area contributed by atoms with Crippen LogP contribution in [-0.4, -0.2) is 31.5 Å². The van der Waals surface area contributed by atoms with Crippen LogP contribution in [0.5, 0.6) is 0 Å². The number of benzene rings is 1. The van der Waals surface area contributed by atoms with Crippen molar-refractivity contribution in [2.45, 2.75) is 20.0 Å². The molecule has 2 aromatic heterocycles. The van der Waals surface area contributed by atoms with Crippen LogP contribution in [0.2, 0.25) is 0 Å². The van der Waals surface area contributed by atoms with Crippen molar-refractivity contribution in [3.8, 4) is 0 Å². The Kier molecular flexibility index (Phi) is 3.74. The Labute approximate surface area is 121 Å². The van der Waals surface area contributed by atoms with Crippen LogP contribution in [-0.2, 0) is 13.1 Å². The summed E-state index contributed by atoms with van der Waals surface area (Å²) < 4.78 is 1.67. The summed E-state index contributed by atoms with van der Waals surface area (Å²) in [6.07, 6.45) is 1.85. The van der Waals surface area contributed by atoms with E-state index in [1.807, 2.05) is 31.3 Å². The molecular formula is C14H16N6O. The molecule has 108 valence electrons. The molecule has 21 heavy (non-hydrogen) atoms. The van der Waals surface area contributed by atoms with E-state index in [1.165, 1.54) is 0 Å². The van der Waals surface area contributed by atoms with Crippen LogP contribution in [0, 0.1) is 0 Å². The van der Waals surface area contributed by atoms with Crippen molar-refractivity contribution in [3.05, 3.63) is 52.3 Å². The summed E-state index contributed by atoms with van der Waals surface area (Å²) >= 11 is 0. The lowest BCUT2D eigenvalue weighted by molar-refractivity contribution is 0.624. The quantitative estimate of drug-likeness (QED) is 0.719. The molecule has 1 aromatic carbocycles. The second kappa shape index (κ2) is 5.84. The summed E-state index contributed by atoms with van der Waals surface area (Å²) in [4.78, 5) is 19.2. The smallest absolute Gasteiger partial charge is 0.258 e. The standard InChI is InChI=1S/C14H16N6O/c1-2-15-7-10-8-20(19-18-10)9-13-16-12-6-4-3-5-11(12)14(21)17-13/h3-6,8,15H,2,7,9H2,1H3,(H,16,17,21). The second-order valence-electron chi connectivity index (χ2n) is 4.72. The highest BCUT2D eigenvalue weighted by Crippen LogP contribution is 2.06. The topological polar surface area (TPSA) is 88.5 Å². The lowest BCUT2D eigenvalue weighted by Gasteiger charge is -2.02. The van der Waals surface area contributed by atoms with Crippen LogP contribution < -0.4 is 10.9 Å². The predicted octanol–water partition coefficient (Wildman–Crippen LogP) is 0.672. The lowest BCUT2D eigenvalue weighted by atomic mass is 10.2.